The minimum absolute atomic E-state index is 0.127. The Morgan fingerprint density at radius 2 is 2.14 bits per heavy atom. The first-order valence-corrected chi connectivity index (χ1v) is 5.85. The molecule has 0 saturated carbocycles. The van der Waals surface area contributed by atoms with Gasteiger partial charge >= 0.3 is 0 Å². The van der Waals surface area contributed by atoms with E-state index in [4.69, 9.17) is 5.84 Å². The standard InChI is InChI=1S/C9H14BrN3S/c1-9(2,3)12-8(13-11)6-4-5-7(10)14-6/h4-5H,11H2,1-3H3,(H,12,13). The van der Waals surface area contributed by atoms with Crippen LogP contribution >= 0.6 is 27.3 Å². The number of hydrogen-bond donors (Lipinski definition) is 2. The molecule has 1 rings (SSSR count). The molecule has 1 aromatic heterocycles. The van der Waals surface area contributed by atoms with E-state index in [9.17, 15) is 0 Å². The first-order chi connectivity index (χ1) is 6.42. The van der Waals surface area contributed by atoms with Crippen LogP contribution in [0.5, 0.6) is 0 Å². The van der Waals surface area contributed by atoms with Crippen molar-refractivity contribution < 1.29 is 0 Å². The second-order valence-corrected chi connectivity index (χ2v) is 6.34. The predicted molar refractivity (Wildman–Crippen MR) is 65.6 cm³/mol. The molecule has 0 fully saturated rings. The average Bonchev–Trinajstić information content (AvgIpc) is 2.46. The van der Waals surface area contributed by atoms with Gasteiger partial charge in [0.15, 0.2) is 5.84 Å². The normalized spacial score (nSPS) is 13.1. The number of nitrogens with one attached hydrogen (secondary N) is 1. The second-order valence-electron chi connectivity index (χ2n) is 3.88. The van der Waals surface area contributed by atoms with E-state index in [0.29, 0.717) is 0 Å². The molecule has 5 heteroatoms. The van der Waals surface area contributed by atoms with Crippen LogP contribution in [0.2, 0.25) is 0 Å². The Balaban J connectivity index is 2.99. The third kappa shape index (κ3) is 3.40. The third-order valence-electron chi connectivity index (χ3n) is 1.39. The van der Waals surface area contributed by atoms with Crippen LogP contribution < -0.4 is 11.3 Å². The van der Waals surface area contributed by atoms with E-state index in [1.165, 1.54) is 0 Å². The van der Waals surface area contributed by atoms with Crippen LogP contribution in [-0.4, -0.2) is 11.4 Å². The molecule has 0 aromatic carbocycles. The van der Waals surface area contributed by atoms with Gasteiger partial charge in [-0.2, -0.15) is 0 Å². The molecular weight excluding hydrogens is 262 g/mol. The molecule has 78 valence electrons. The molecule has 0 aliphatic heterocycles. The van der Waals surface area contributed by atoms with E-state index in [0.717, 1.165) is 14.5 Å². The zero-order chi connectivity index (χ0) is 10.8. The number of nitrogens with two attached hydrogens (primary N) is 1. The van der Waals surface area contributed by atoms with Crippen molar-refractivity contribution in [3.63, 3.8) is 0 Å². The molecule has 14 heavy (non-hydrogen) atoms. The summed E-state index contributed by atoms with van der Waals surface area (Å²) in [5.74, 6) is 6.16. The number of thiophene rings is 1. The zero-order valence-corrected chi connectivity index (χ0v) is 10.9. The first-order valence-electron chi connectivity index (χ1n) is 4.24. The Hall–Kier alpha value is -0.390. The Labute approximate surface area is 96.5 Å². The van der Waals surface area contributed by atoms with Crippen LogP contribution in [0.3, 0.4) is 0 Å². The quantitative estimate of drug-likeness (QED) is 0.358. The van der Waals surface area contributed by atoms with Gasteiger partial charge in [0.2, 0.25) is 0 Å². The van der Waals surface area contributed by atoms with Crippen molar-refractivity contribution in [3.8, 4) is 0 Å². The van der Waals surface area contributed by atoms with Crippen molar-refractivity contribution in [2.75, 3.05) is 0 Å². The molecule has 0 atom stereocenters. The number of hydrogen-bond acceptors (Lipinski definition) is 3. The summed E-state index contributed by atoms with van der Waals surface area (Å²) in [6.45, 7) is 6.10. The molecule has 3 N–H and O–H groups in total. The zero-order valence-electron chi connectivity index (χ0n) is 8.47. The van der Waals surface area contributed by atoms with Gasteiger partial charge in [-0.1, -0.05) is 0 Å². The maximum absolute atomic E-state index is 5.43. The first kappa shape index (κ1) is 11.7. The van der Waals surface area contributed by atoms with Crippen LogP contribution in [0, 0.1) is 0 Å². The van der Waals surface area contributed by atoms with Crippen molar-refractivity contribution in [3.05, 3.63) is 20.8 Å². The lowest BCUT2D eigenvalue weighted by molar-refractivity contribution is 0.580. The van der Waals surface area contributed by atoms with Crippen LogP contribution in [0.4, 0.5) is 0 Å². The van der Waals surface area contributed by atoms with Gasteiger partial charge in [-0.3, -0.25) is 4.99 Å². The van der Waals surface area contributed by atoms with Crippen molar-refractivity contribution in [2.24, 2.45) is 10.8 Å². The maximum Gasteiger partial charge on any atom is 0.153 e. The van der Waals surface area contributed by atoms with E-state index in [-0.39, 0.29) is 5.54 Å². The minimum atomic E-state index is -0.127. The largest absolute Gasteiger partial charge is 0.308 e. The lowest BCUT2D eigenvalue weighted by Gasteiger charge is -2.14. The molecule has 1 aromatic rings. The smallest absolute Gasteiger partial charge is 0.153 e. The fourth-order valence-corrected chi connectivity index (χ4v) is 2.27. The second kappa shape index (κ2) is 4.42. The number of aliphatic imine (C=N–C) groups is 1. The van der Waals surface area contributed by atoms with Gasteiger partial charge in [-0.15, -0.1) is 11.3 Å². The summed E-state index contributed by atoms with van der Waals surface area (Å²) < 4.78 is 1.07. The molecule has 0 radical (unpaired) electrons. The monoisotopic (exact) mass is 275 g/mol. The molecule has 0 aliphatic carbocycles. The Kier molecular flexibility index (Phi) is 3.69. The van der Waals surface area contributed by atoms with E-state index in [1.807, 2.05) is 32.9 Å². The average molecular weight is 276 g/mol. The number of amidine groups is 1. The van der Waals surface area contributed by atoms with Gasteiger partial charge in [-0.05, 0) is 48.8 Å². The van der Waals surface area contributed by atoms with Crippen molar-refractivity contribution in [1.82, 2.24) is 5.43 Å². The Bertz CT molecular complexity index is 338. The highest BCUT2D eigenvalue weighted by Gasteiger charge is 2.12. The van der Waals surface area contributed by atoms with Gasteiger partial charge < -0.3 is 5.43 Å². The van der Waals surface area contributed by atoms with Crippen molar-refractivity contribution >= 4 is 33.1 Å². The fraction of sp³-hybridized carbons (Fsp3) is 0.444. The third-order valence-corrected chi connectivity index (χ3v) is 3.02. The summed E-state index contributed by atoms with van der Waals surface area (Å²) in [5, 5.41) is 0. The number of halogens is 1. The number of hydrazine groups is 1. The molecule has 0 unspecified atom stereocenters. The van der Waals surface area contributed by atoms with Gasteiger partial charge in [0.1, 0.15) is 0 Å². The van der Waals surface area contributed by atoms with E-state index >= 15 is 0 Å². The summed E-state index contributed by atoms with van der Waals surface area (Å²) in [7, 11) is 0. The molecule has 0 bridgehead atoms. The summed E-state index contributed by atoms with van der Waals surface area (Å²) in [4.78, 5) is 5.52. The highest BCUT2D eigenvalue weighted by molar-refractivity contribution is 9.11. The SMILES string of the molecule is CC(C)(C)N=C(NN)c1ccc(Br)s1. The molecule has 0 aliphatic rings. The van der Waals surface area contributed by atoms with Gasteiger partial charge in [0, 0.05) is 0 Å². The molecule has 0 spiro atoms. The fourth-order valence-electron chi connectivity index (χ4n) is 0.935. The molecular formula is C9H14BrN3S. The van der Waals surface area contributed by atoms with Crippen molar-refractivity contribution in [2.45, 2.75) is 26.3 Å². The van der Waals surface area contributed by atoms with Crippen LogP contribution in [0.15, 0.2) is 20.9 Å². The number of nitrogens with zero attached hydrogens (tertiary/aromatic N) is 1. The highest BCUT2D eigenvalue weighted by Crippen LogP contribution is 2.23. The van der Waals surface area contributed by atoms with Crippen molar-refractivity contribution in [1.29, 1.82) is 0 Å². The van der Waals surface area contributed by atoms with Gasteiger partial charge in [-0.25, -0.2) is 5.84 Å². The van der Waals surface area contributed by atoms with Gasteiger partial charge in [0.05, 0.1) is 14.2 Å². The lowest BCUT2D eigenvalue weighted by Crippen LogP contribution is -2.33. The minimum Gasteiger partial charge on any atom is -0.308 e. The summed E-state index contributed by atoms with van der Waals surface area (Å²) in [6.07, 6.45) is 0. The molecule has 0 amide bonds. The Morgan fingerprint density at radius 1 is 1.50 bits per heavy atom. The Morgan fingerprint density at radius 3 is 2.50 bits per heavy atom. The summed E-state index contributed by atoms with van der Waals surface area (Å²) in [6, 6.07) is 3.97. The molecule has 1 heterocycles. The topological polar surface area (TPSA) is 50.4 Å². The maximum atomic E-state index is 5.43. The van der Waals surface area contributed by atoms with Crippen LogP contribution in [-0.2, 0) is 0 Å². The molecule has 0 saturated heterocycles. The van der Waals surface area contributed by atoms with Crippen LogP contribution in [0.1, 0.15) is 25.6 Å². The highest BCUT2D eigenvalue weighted by atomic mass is 79.9. The molecule has 3 nitrogen and oxygen atoms in total. The van der Waals surface area contributed by atoms with E-state index < -0.39 is 0 Å². The summed E-state index contributed by atoms with van der Waals surface area (Å²) in [5.41, 5.74) is 2.50. The number of rotatable bonds is 1. The summed E-state index contributed by atoms with van der Waals surface area (Å²) >= 11 is 5.01. The predicted octanol–water partition coefficient (Wildman–Crippen LogP) is 2.52. The lowest BCUT2D eigenvalue weighted by atomic mass is 10.1. The van der Waals surface area contributed by atoms with Crippen LogP contribution in [0.25, 0.3) is 0 Å². The van der Waals surface area contributed by atoms with E-state index in [2.05, 4.69) is 26.3 Å². The van der Waals surface area contributed by atoms with E-state index in [1.54, 1.807) is 11.3 Å². The van der Waals surface area contributed by atoms with Gasteiger partial charge in [0.25, 0.3) is 0 Å².